The lowest BCUT2D eigenvalue weighted by molar-refractivity contribution is -0.146. The van der Waals surface area contributed by atoms with Gasteiger partial charge in [0.1, 0.15) is 0 Å². The summed E-state index contributed by atoms with van der Waals surface area (Å²) >= 11 is 0. The van der Waals surface area contributed by atoms with Crippen LogP contribution in [0.5, 0.6) is 0 Å². The van der Waals surface area contributed by atoms with Gasteiger partial charge in [-0.3, -0.25) is 9.59 Å². The number of hydrogen-bond acceptors (Lipinski definition) is 3. The van der Waals surface area contributed by atoms with E-state index >= 15 is 0 Å². The van der Waals surface area contributed by atoms with Crippen LogP contribution in [0.15, 0.2) is 0 Å². The highest BCUT2D eigenvalue weighted by Gasteiger charge is 2.41. The van der Waals surface area contributed by atoms with Gasteiger partial charge >= 0.3 is 11.8 Å². The van der Waals surface area contributed by atoms with Crippen LogP contribution >= 0.6 is 0 Å². The lowest BCUT2D eigenvalue weighted by Gasteiger charge is -2.27. The first-order chi connectivity index (χ1) is 9.25. The summed E-state index contributed by atoms with van der Waals surface area (Å²) in [7, 11) is 0. The molecule has 5 nitrogen and oxygen atoms in total. The Morgan fingerprint density at radius 1 is 1.11 bits per heavy atom. The van der Waals surface area contributed by atoms with Gasteiger partial charge in [0.15, 0.2) is 0 Å². The maximum atomic E-state index is 12.0. The Morgan fingerprint density at radius 2 is 1.68 bits per heavy atom. The third kappa shape index (κ3) is 3.26. The van der Waals surface area contributed by atoms with Crippen LogP contribution in [0, 0.1) is 17.8 Å². The number of carbonyl (C=O) groups excluding carboxylic acids is 2. The van der Waals surface area contributed by atoms with Crippen LogP contribution in [0.25, 0.3) is 0 Å². The smallest absolute Gasteiger partial charge is 0.311 e. The molecule has 0 aromatic carbocycles. The Morgan fingerprint density at radius 3 is 2.21 bits per heavy atom. The molecule has 0 bridgehead atoms. The van der Waals surface area contributed by atoms with Gasteiger partial charge in [-0.25, -0.2) is 0 Å². The van der Waals surface area contributed by atoms with Crippen LogP contribution in [0.4, 0.5) is 0 Å². The van der Waals surface area contributed by atoms with Gasteiger partial charge in [0.2, 0.25) is 0 Å². The van der Waals surface area contributed by atoms with Gasteiger partial charge in [0.25, 0.3) is 0 Å². The Labute approximate surface area is 114 Å². The Kier molecular flexibility index (Phi) is 3.73. The van der Waals surface area contributed by atoms with Crippen LogP contribution in [0.2, 0.25) is 0 Å². The molecule has 0 spiro atoms. The van der Waals surface area contributed by atoms with Crippen molar-refractivity contribution in [3.05, 3.63) is 0 Å². The molecule has 2 saturated carbocycles. The highest BCUT2D eigenvalue weighted by molar-refractivity contribution is 6.35. The lowest BCUT2D eigenvalue weighted by atomic mass is 9.98. The molecule has 0 radical (unpaired) electrons. The van der Waals surface area contributed by atoms with E-state index in [4.69, 9.17) is 0 Å². The fraction of sp³-hybridized carbons (Fsp3) is 0.857. The van der Waals surface area contributed by atoms with Crippen molar-refractivity contribution in [1.82, 2.24) is 15.5 Å². The first kappa shape index (κ1) is 12.9. The molecule has 5 heteroatoms. The normalized spacial score (nSPS) is 23.5. The van der Waals surface area contributed by atoms with Crippen molar-refractivity contribution in [2.75, 3.05) is 32.7 Å². The number of nitrogens with one attached hydrogen (secondary N) is 2. The molecule has 1 saturated heterocycles. The van der Waals surface area contributed by atoms with Crippen molar-refractivity contribution in [2.45, 2.75) is 25.7 Å². The molecule has 3 rings (SSSR count). The van der Waals surface area contributed by atoms with E-state index in [1.807, 2.05) is 0 Å². The molecule has 0 atom stereocenters. The second-order valence-electron chi connectivity index (χ2n) is 6.09. The van der Waals surface area contributed by atoms with E-state index in [1.165, 1.54) is 25.7 Å². The van der Waals surface area contributed by atoms with E-state index < -0.39 is 5.91 Å². The number of piperazine rings is 1. The summed E-state index contributed by atoms with van der Waals surface area (Å²) in [6.07, 6.45) is 5.23. The number of hydrogen-bond donors (Lipinski definition) is 2. The number of carbonyl (C=O) groups is 2. The fourth-order valence-corrected chi connectivity index (χ4v) is 3.06. The molecule has 2 aliphatic carbocycles. The first-order valence-electron chi connectivity index (χ1n) is 7.53. The molecule has 0 aromatic heterocycles. The zero-order valence-corrected chi connectivity index (χ0v) is 11.4. The molecule has 3 aliphatic rings. The van der Waals surface area contributed by atoms with Gasteiger partial charge in [-0.1, -0.05) is 0 Å². The Hall–Kier alpha value is -1.10. The highest BCUT2D eigenvalue weighted by Crippen LogP contribution is 2.48. The van der Waals surface area contributed by atoms with E-state index in [0.29, 0.717) is 25.6 Å². The summed E-state index contributed by atoms with van der Waals surface area (Å²) in [6.45, 7) is 3.55. The van der Waals surface area contributed by atoms with E-state index in [2.05, 4.69) is 10.6 Å². The van der Waals surface area contributed by atoms with Crippen molar-refractivity contribution < 1.29 is 9.59 Å². The summed E-state index contributed by atoms with van der Waals surface area (Å²) < 4.78 is 0. The van der Waals surface area contributed by atoms with Gasteiger partial charge in [-0.15, -0.1) is 0 Å². The molecule has 1 aliphatic heterocycles. The van der Waals surface area contributed by atoms with Crippen LogP contribution in [-0.2, 0) is 9.59 Å². The standard InChI is InChI=1S/C14H23N3O2/c18-13(14(19)17-7-5-15-6-8-17)16-9-12(10-1-2-10)11-3-4-11/h10-12,15H,1-9H2,(H,16,18). The topological polar surface area (TPSA) is 61.4 Å². The van der Waals surface area contributed by atoms with Gasteiger partial charge < -0.3 is 15.5 Å². The van der Waals surface area contributed by atoms with Crippen LogP contribution < -0.4 is 10.6 Å². The monoisotopic (exact) mass is 265 g/mol. The first-order valence-corrected chi connectivity index (χ1v) is 7.53. The average molecular weight is 265 g/mol. The zero-order chi connectivity index (χ0) is 13.2. The summed E-state index contributed by atoms with van der Waals surface area (Å²) in [5.74, 6) is 1.48. The molecule has 0 unspecified atom stereocenters. The van der Waals surface area contributed by atoms with Crippen LogP contribution in [-0.4, -0.2) is 49.4 Å². The van der Waals surface area contributed by atoms with E-state index in [0.717, 1.165) is 24.9 Å². The summed E-state index contributed by atoms with van der Waals surface area (Å²) in [6, 6.07) is 0. The summed E-state index contributed by atoms with van der Waals surface area (Å²) in [5.41, 5.74) is 0. The molecular formula is C14H23N3O2. The van der Waals surface area contributed by atoms with E-state index in [-0.39, 0.29) is 5.91 Å². The Balaban J connectivity index is 1.45. The largest absolute Gasteiger partial charge is 0.348 e. The number of amides is 2. The molecule has 106 valence electrons. The molecular weight excluding hydrogens is 242 g/mol. The average Bonchev–Trinajstić information content (AvgIpc) is 3.31. The van der Waals surface area contributed by atoms with E-state index in [9.17, 15) is 9.59 Å². The number of nitrogens with zero attached hydrogens (tertiary/aromatic N) is 1. The molecule has 0 aromatic rings. The molecule has 19 heavy (non-hydrogen) atoms. The SMILES string of the molecule is O=C(NCC(C1CC1)C1CC1)C(=O)N1CCNCC1. The van der Waals surface area contributed by atoms with Crippen LogP contribution in [0.1, 0.15) is 25.7 Å². The van der Waals surface area contributed by atoms with Crippen molar-refractivity contribution in [2.24, 2.45) is 17.8 Å². The minimum atomic E-state index is -0.409. The maximum absolute atomic E-state index is 12.0. The number of rotatable bonds is 4. The summed E-state index contributed by atoms with van der Waals surface area (Å²) in [5, 5.41) is 6.05. The predicted octanol–water partition coefficient (Wildman–Crippen LogP) is -0.0294. The lowest BCUT2D eigenvalue weighted by Crippen LogP contribution is -2.51. The molecule has 1 heterocycles. The van der Waals surface area contributed by atoms with Gasteiger partial charge in [-0.2, -0.15) is 0 Å². The second kappa shape index (κ2) is 5.49. The van der Waals surface area contributed by atoms with Gasteiger partial charge in [-0.05, 0) is 43.4 Å². The zero-order valence-electron chi connectivity index (χ0n) is 11.4. The molecule has 2 amide bonds. The third-order valence-electron chi connectivity index (χ3n) is 4.55. The fourth-order valence-electron chi connectivity index (χ4n) is 3.06. The van der Waals surface area contributed by atoms with Crippen molar-refractivity contribution in [3.8, 4) is 0 Å². The van der Waals surface area contributed by atoms with Crippen LogP contribution in [0.3, 0.4) is 0 Å². The van der Waals surface area contributed by atoms with Gasteiger partial charge in [0.05, 0.1) is 0 Å². The van der Waals surface area contributed by atoms with Gasteiger partial charge in [0, 0.05) is 32.7 Å². The Bertz CT molecular complexity index is 346. The maximum Gasteiger partial charge on any atom is 0.311 e. The molecule has 3 fully saturated rings. The second-order valence-corrected chi connectivity index (χ2v) is 6.09. The third-order valence-corrected chi connectivity index (χ3v) is 4.55. The summed E-state index contributed by atoms with van der Waals surface area (Å²) in [4.78, 5) is 25.5. The predicted molar refractivity (Wildman–Crippen MR) is 71.4 cm³/mol. The van der Waals surface area contributed by atoms with Crippen molar-refractivity contribution >= 4 is 11.8 Å². The van der Waals surface area contributed by atoms with Crippen molar-refractivity contribution in [1.29, 1.82) is 0 Å². The quantitative estimate of drug-likeness (QED) is 0.702. The molecule has 2 N–H and O–H groups in total. The van der Waals surface area contributed by atoms with Crippen molar-refractivity contribution in [3.63, 3.8) is 0 Å². The highest BCUT2D eigenvalue weighted by atomic mass is 16.2. The van der Waals surface area contributed by atoms with E-state index in [1.54, 1.807) is 4.90 Å². The minimum Gasteiger partial charge on any atom is -0.348 e. The minimum absolute atomic E-state index is 0.355.